The molecule has 0 spiro atoms. The second-order valence-electron chi connectivity index (χ2n) is 5.58. The number of methoxy groups -OCH3 is 3. The molecule has 5 nitrogen and oxygen atoms in total. The molecule has 2 atom stereocenters. The number of aliphatic hydroxyl groups excluding tert-OH is 1. The molecule has 0 radical (unpaired) electrons. The molecule has 132 valence electrons. The van der Waals surface area contributed by atoms with Crippen LogP contribution in [0.15, 0.2) is 47.5 Å². The van der Waals surface area contributed by atoms with E-state index < -0.39 is 6.10 Å². The summed E-state index contributed by atoms with van der Waals surface area (Å²) in [5.41, 5.74) is 1.77. The Morgan fingerprint density at radius 2 is 1.68 bits per heavy atom. The Morgan fingerprint density at radius 3 is 2.24 bits per heavy atom. The normalized spacial score (nSPS) is 17.8. The van der Waals surface area contributed by atoms with Crippen molar-refractivity contribution in [1.29, 1.82) is 0 Å². The summed E-state index contributed by atoms with van der Waals surface area (Å²) in [6, 6.07) is 13.3. The molecular formula is C19H21NO4S. The first-order valence-electron chi connectivity index (χ1n) is 7.92. The van der Waals surface area contributed by atoms with E-state index in [2.05, 4.69) is 0 Å². The molecule has 2 aromatic rings. The van der Waals surface area contributed by atoms with Gasteiger partial charge in [-0.1, -0.05) is 30.3 Å². The first-order valence-corrected chi connectivity index (χ1v) is 8.90. The van der Waals surface area contributed by atoms with Crippen molar-refractivity contribution in [2.75, 3.05) is 27.1 Å². The van der Waals surface area contributed by atoms with Crippen molar-refractivity contribution in [3.63, 3.8) is 0 Å². The fourth-order valence-electron chi connectivity index (χ4n) is 2.78. The van der Waals surface area contributed by atoms with Gasteiger partial charge in [0, 0.05) is 11.3 Å². The Balaban J connectivity index is 1.89. The first-order chi connectivity index (χ1) is 12.2. The lowest BCUT2D eigenvalue weighted by Crippen LogP contribution is -2.17. The van der Waals surface area contributed by atoms with E-state index in [-0.39, 0.29) is 6.04 Å². The molecule has 1 N–H and O–H groups in total. The number of ether oxygens (including phenoxy) is 3. The van der Waals surface area contributed by atoms with Gasteiger partial charge in [-0.25, -0.2) is 0 Å². The number of aliphatic hydroxyl groups is 1. The Labute approximate surface area is 151 Å². The van der Waals surface area contributed by atoms with Gasteiger partial charge in [-0.2, -0.15) is 0 Å². The lowest BCUT2D eigenvalue weighted by molar-refractivity contribution is 0.156. The van der Waals surface area contributed by atoms with Gasteiger partial charge < -0.3 is 19.3 Å². The molecule has 2 aromatic carbocycles. The topological polar surface area (TPSA) is 60.3 Å². The van der Waals surface area contributed by atoms with E-state index in [1.165, 1.54) is 0 Å². The summed E-state index contributed by atoms with van der Waals surface area (Å²) >= 11 is 1.66. The summed E-state index contributed by atoms with van der Waals surface area (Å²) in [6.07, 6.45) is -0.748. The lowest BCUT2D eigenvalue weighted by atomic mass is 10.0. The number of thioether (sulfide) groups is 1. The van der Waals surface area contributed by atoms with Crippen LogP contribution in [-0.4, -0.2) is 43.3 Å². The van der Waals surface area contributed by atoms with Gasteiger partial charge in [0.2, 0.25) is 5.75 Å². The molecule has 6 heteroatoms. The molecule has 0 saturated heterocycles. The molecule has 3 rings (SSSR count). The highest BCUT2D eigenvalue weighted by Crippen LogP contribution is 2.41. The summed E-state index contributed by atoms with van der Waals surface area (Å²) in [6.45, 7) is 0. The van der Waals surface area contributed by atoms with Gasteiger partial charge in [-0.3, -0.25) is 4.99 Å². The SMILES string of the molecule is COc1cc(C(O)C2CSC(c3ccccc3)=N2)cc(OC)c1OC. The van der Waals surface area contributed by atoms with Crippen molar-refractivity contribution in [2.24, 2.45) is 4.99 Å². The lowest BCUT2D eigenvalue weighted by Gasteiger charge is -2.19. The largest absolute Gasteiger partial charge is 0.493 e. The van der Waals surface area contributed by atoms with Crippen molar-refractivity contribution in [3.05, 3.63) is 53.6 Å². The zero-order valence-electron chi connectivity index (χ0n) is 14.4. The summed E-state index contributed by atoms with van der Waals surface area (Å²) < 4.78 is 16.1. The number of aliphatic imine (C=N–C) groups is 1. The molecule has 25 heavy (non-hydrogen) atoms. The van der Waals surface area contributed by atoms with Gasteiger partial charge in [-0.05, 0) is 17.7 Å². The molecule has 1 heterocycles. The number of hydrogen-bond acceptors (Lipinski definition) is 6. The third kappa shape index (κ3) is 3.60. The van der Waals surface area contributed by atoms with Gasteiger partial charge in [0.1, 0.15) is 6.10 Å². The third-order valence-corrected chi connectivity index (χ3v) is 5.21. The standard InChI is InChI=1S/C19H21NO4S/c1-22-15-9-13(10-16(23-2)18(15)24-3)17(21)14-11-25-19(20-14)12-7-5-4-6-8-12/h4-10,14,17,21H,11H2,1-3H3. The number of rotatable bonds is 6. The maximum absolute atomic E-state index is 10.8. The summed E-state index contributed by atoms with van der Waals surface area (Å²) in [4.78, 5) is 4.70. The van der Waals surface area contributed by atoms with E-state index in [9.17, 15) is 5.11 Å². The van der Waals surface area contributed by atoms with E-state index in [1.807, 2.05) is 30.3 Å². The Hall–Kier alpha value is -2.18. The van der Waals surface area contributed by atoms with Crippen LogP contribution in [0.4, 0.5) is 0 Å². The fraction of sp³-hybridized carbons (Fsp3) is 0.316. The zero-order valence-corrected chi connectivity index (χ0v) is 15.2. The third-order valence-electron chi connectivity index (χ3n) is 4.09. The molecule has 1 aliphatic rings. The molecule has 2 unspecified atom stereocenters. The molecule has 0 amide bonds. The fourth-order valence-corrected chi connectivity index (χ4v) is 3.88. The van der Waals surface area contributed by atoms with Crippen LogP contribution in [0.25, 0.3) is 0 Å². The second kappa shape index (κ2) is 7.80. The van der Waals surface area contributed by atoms with Gasteiger partial charge in [0.15, 0.2) is 11.5 Å². The van der Waals surface area contributed by atoms with Crippen LogP contribution in [0.1, 0.15) is 17.2 Å². The van der Waals surface area contributed by atoms with Crippen LogP contribution in [0, 0.1) is 0 Å². The van der Waals surface area contributed by atoms with Crippen molar-refractivity contribution in [1.82, 2.24) is 0 Å². The van der Waals surface area contributed by atoms with Gasteiger partial charge in [0.25, 0.3) is 0 Å². The number of hydrogen-bond donors (Lipinski definition) is 1. The van der Waals surface area contributed by atoms with Gasteiger partial charge in [0.05, 0.1) is 32.4 Å². The van der Waals surface area contributed by atoms with Crippen LogP contribution in [0.2, 0.25) is 0 Å². The minimum Gasteiger partial charge on any atom is -0.493 e. The molecule has 0 aromatic heterocycles. The highest BCUT2D eigenvalue weighted by Gasteiger charge is 2.28. The summed E-state index contributed by atoms with van der Waals surface area (Å²) in [5, 5.41) is 11.8. The van der Waals surface area contributed by atoms with Crippen molar-refractivity contribution < 1.29 is 19.3 Å². The molecule has 0 saturated carbocycles. The Kier molecular flexibility index (Phi) is 5.50. The first kappa shape index (κ1) is 17.6. The second-order valence-corrected chi connectivity index (χ2v) is 6.59. The summed E-state index contributed by atoms with van der Waals surface area (Å²) in [7, 11) is 4.68. The van der Waals surface area contributed by atoms with E-state index >= 15 is 0 Å². The maximum atomic E-state index is 10.8. The molecule has 0 fully saturated rings. The van der Waals surface area contributed by atoms with Crippen molar-refractivity contribution >= 4 is 16.8 Å². The van der Waals surface area contributed by atoms with Crippen molar-refractivity contribution in [3.8, 4) is 17.2 Å². The smallest absolute Gasteiger partial charge is 0.203 e. The number of benzene rings is 2. The van der Waals surface area contributed by atoms with Crippen LogP contribution in [-0.2, 0) is 0 Å². The molecule has 0 bridgehead atoms. The minimum atomic E-state index is -0.748. The van der Waals surface area contributed by atoms with Crippen LogP contribution in [0.5, 0.6) is 17.2 Å². The van der Waals surface area contributed by atoms with Crippen LogP contribution in [0.3, 0.4) is 0 Å². The molecule has 0 aliphatic carbocycles. The predicted octanol–water partition coefficient (Wildman–Crippen LogP) is 3.31. The van der Waals surface area contributed by atoms with Crippen LogP contribution < -0.4 is 14.2 Å². The molecule has 1 aliphatic heterocycles. The zero-order chi connectivity index (χ0) is 17.8. The average Bonchev–Trinajstić information content (AvgIpc) is 3.17. The highest BCUT2D eigenvalue weighted by molar-refractivity contribution is 8.14. The monoisotopic (exact) mass is 359 g/mol. The van der Waals surface area contributed by atoms with Crippen LogP contribution >= 0.6 is 11.8 Å². The highest BCUT2D eigenvalue weighted by atomic mass is 32.2. The van der Waals surface area contributed by atoms with Gasteiger partial charge >= 0.3 is 0 Å². The Bertz CT molecular complexity index is 738. The van der Waals surface area contributed by atoms with Gasteiger partial charge in [-0.15, -0.1) is 11.8 Å². The quantitative estimate of drug-likeness (QED) is 0.857. The van der Waals surface area contributed by atoms with Crippen molar-refractivity contribution in [2.45, 2.75) is 12.1 Å². The van der Waals surface area contributed by atoms with E-state index in [1.54, 1.807) is 45.2 Å². The molecular weight excluding hydrogens is 338 g/mol. The minimum absolute atomic E-state index is 0.219. The predicted molar refractivity (Wildman–Crippen MR) is 100 cm³/mol. The summed E-state index contributed by atoms with van der Waals surface area (Å²) in [5.74, 6) is 2.28. The average molecular weight is 359 g/mol. The van der Waals surface area contributed by atoms with E-state index in [0.29, 0.717) is 22.8 Å². The maximum Gasteiger partial charge on any atom is 0.203 e. The van der Waals surface area contributed by atoms with E-state index in [4.69, 9.17) is 19.2 Å². The van der Waals surface area contributed by atoms with E-state index in [0.717, 1.165) is 16.4 Å². The Morgan fingerprint density at radius 1 is 1.04 bits per heavy atom. The number of nitrogens with zero attached hydrogens (tertiary/aromatic N) is 1.